The first-order valence-corrected chi connectivity index (χ1v) is 12.7. The summed E-state index contributed by atoms with van der Waals surface area (Å²) in [5.74, 6) is -0.750. The molecular formula is C34H31NO2. The minimum absolute atomic E-state index is 0.240. The van der Waals surface area contributed by atoms with E-state index in [0.717, 1.165) is 45.7 Å². The van der Waals surface area contributed by atoms with E-state index in [1.807, 2.05) is 54.6 Å². The third kappa shape index (κ3) is 5.57. The van der Waals surface area contributed by atoms with Gasteiger partial charge in [0.05, 0.1) is 0 Å². The van der Waals surface area contributed by atoms with Crippen LogP contribution >= 0.6 is 0 Å². The van der Waals surface area contributed by atoms with Crippen molar-refractivity contribution in [3.63, 3.8) is 0 Å². The van der Waals surface area contributed by atoms with Gasteiger partial charge in [-0.3, -0.25) is 4.79 Å². The minimum atomic E-state index is -0.510. The molecule has 1 heterocycles. The summed E-state index contributed by atoms with van der Waals surface area (Å²) in [7, 11) is 0. The zero-order valence-corrected chi connectivity index (χ0v) is 21.3. The fourth-order valence-corrected chi connectivity index (χ4v) is 4.88. The predicted octanol–water partition coefficient (Wildman–Crippen LogP) is 7.70. The van der Waals surface area contributed by atoms with Crippen LogP contribution in [0.15, 0.2) is 121 Å². The quantitative estimate of drug-likeness (QED) is 0.211. The highest BCUT2D eigenvalue weighted by atomic mass is 16.5. The summed E-state index contributed by atoms with van der Waals surface area (Å²) in [6.45, 7) is 5.21. The molecule has 0 radical (unpaired) electrons. The Morgan fingerprint density at radius 3 is 1.86 bits per heavy atom. The number of rotatable bonds is 8. The van der Waals surface area contributed by atoms with Crippen LogP contribution in [0, 0.1) is 13.8 Å². The van der Waals surface area contributed by atoms with Gasteiger partial charge >= 0.3 is 5.97 Å². The summed E-state index contributed by atoms with van der Waals surface area (Å²) in [4.78, 5) is 13.7. The van der Waals surface area contributed by atoms with Gasteiger partial charge in [-0.15, -0.1) is 0 Å². The smallest absolute Gasteiger partial charge is 0.318 e. The second kappa shape index (κ2) is 11.1. The maximum Gasteiger partial charge on any atom is 0.318 e. The van der Waals surface area contributed by atoms with Crippen molar-refractivity contribution < 1.29 is 9.53 Å². The number of benzene rings is 4. The second-order valence-corrected chi connectivity index (χ2v) is 9.41. The summed E-state index contributed by atoms with van der Waals surface area (Å²) in [5.41, 5.74) is 8.59. The molecule has 1 aromatic heterocycles. The normalized spacial score (nSPS) is 11.7. The lowest BCUT2D eigenvalue weighted by atomic mass is 9.90. The van der Waals surface area contributed by atoms with E-state index in [1.54, 1.807) is 0 Å². The van der Waals surface area contributed by atoms with E-state index in [9.17, 15) is 4.79 Å². The van der Waals surface area contributed by atoms with Crippen LogP contribution in [0.5, 0.6) is 0 Å². The van der Waals surface area contributed by atoms with E-state index in [-0.39, 0.29) is 12.6 Å². The number of aryl methyl sites for hydroxylation is 1. The number of hydrogen-bond acceptors (Lipinski definition) is 2. The molecule has 37 heavy (non-hydrogen) atoms. The Balaban J connectivity index is 1.49. The molecule has 184 valence electrons. The van der Waals surface area contributed by atoms with Gasteiger partial charge < -0.3 is 9.30 Å². The molecule has 0 aliphatic heterocycles. The lowest BCUT2D eigenvalue weighted by Crippen LogP contribution is -2.18. The van der Waals surface area contributed by atoms with Gasteiger partial charge in [0.1, 0.15) is 12.5 Å². The highest BCUT2D eigenvalue weighted by Gasteiger charge is 2.28. The van der Waals surface area contributed by atoms with E-state index in [4.69, 9.17) is 4.74 Å². The SMILES string of the molecule is Cc1cc([C@H](C(=O)OCc2ccccc2)c2ccc(-c3ccccc3)cc2)c(C)n1Cc1ccccc1. The average Bonchev–Trinajstić information content (AvgIpc) is 3.22. The van der Waals surface area contributed by atoms with Crippen LogP contribution in [-0.2, 0) is 22.7 Å². The van der Waals surface area contributed by atoms with E-state index in [0.29, 0.717) is 0 Å². The molecule has 0 spiro atoms. The van der Waals surface area contributed by atoms with E-state index in [1.165, 1.54) is 5.56 Å². The molecule has 0 N–H and O–H groups in total. The molecule has 0 amide bonds. The Morgan fingerprint density at radius 2 is 1.24 bits per heavy atom. The predicted molar refractivity (Wildman–Crippen MR) is 149 cm³/mol. The highest BCUT2D eigenvalue weighted by molar-refractivity contribution is 5.83. The van der Waals surface area contributed by atoms with Crippen molar-refractivity contribution in [1.29, 1.82) is 0 Å². The standard InChI is InChI=1S/C34H31NO2/c1-25-22-32(26(2)35(25)23-27-12-6-3-7-13-27)33(34(36)37-24-28-14-8-4-9-15-28)31-20-18-30(19-21-31)29-16-10-5-11-17-29/h3-22,33H,23-24H2,1-2H3/t33-/m1/s1. The van der Waals surface area contributed by atoms with Crippen LogP contribution in [0.25, 0.3) is 11.1 Å². The summed E-state index contributed by atoms with van der Waals surface area (Å²) < 4.78 is 8.17. The summed E-state index contributed by atoms with van der Waals surface area (Å²) in [6, 6.07) is 40.9. The molecule has 0 unspecified atom stereocenters. The van der Waals surface area contributed by atoms with Gasteiger partial charge in [0.15, 0.2) is 0 Å². The summed E-state index contributed by atoms with van der Waals surface area (Å²) in [6.07, 6.45) is 0. The van der Waals surface area contributed by atoms with Crippen LogP contribution in [0.2, 0.25) is 0 Å². The van der Waals surface area contributed by atoms with Crippen molar-refractivity contribution in [2.75, 3.05) is 0 Å². The van der Waals surface area contributed by atoms with Crippen LogP contribution in [0.4, 0.5) is 0 Å². The second-order valence-electron chi connectivity index (χ2n) is 9.41. The fraction of sp³-hybridized carbons (Fsp3) is 0.147. The number of nitrogens with zero attached hydrogens (tertiary/aromatic N) is 1. The zero-order chi connectivity index (χ0) is 25.6. The number of hydrogen-bond donors (Lipinski definition) is 0. The van der Waals surface area contributed by atoms with Gasteiger partial charge in [-0.25, -0.2) is 0 Å². The number of esters is 1. The third-order valence-electron chi connectivity index (χ3n) is 6.92. The van der Waals surface area contributed by atoms with Crippen LogP contribution in [0.1, 0.15) is 39.6 Å². The molecule has 0 fully saturated rings. The first kappa shape index (κ1) is 24.3. The van der Waals surface area contributed by atoms with Gasteiger partial charge in [0.25, 0.3) is 0 Å². The Kier molecular flexibility index (Phi) is 7.32. The molecule has 1 atom stereocenters. The Bertz CT molecular complexity index is 1450. The van der Waals surface area contributed by atoms with E-state index in [2.05, 4.69) is 85.1 Å². The van der Waals surface area contributed by atoms with Crippen LogP contribution in [-0.4, -0.2) is 10.5 Å². The van der Waals surface area contributed by atoms with Gasteiger partial charge in [-0.1, -0.05) is 115 Å². The van der Waals surface area contributed by atoms with Crippen molar-refractivity contribution in [3.05, 3.63) is 155 Å². The first-order valence-electron chi connectivity index (χ1n) is 12.7. The molecule has 5 aromatic rings. The maximum absolute atomic E-state index is 13.7. The molecule has 0 aliphatic rings. The van der Waals surface area contributed by atoms with Crippen molar-refractivity contribution >= 4 is 5.97 Å². The van der Waals surface area contributed by atoms with Crippen molar-refractivity contribution in [3.8, 4) is 11.1 Å². The average molecular weight is 486 g/mol. The fourth-order valence-electron chi connectivity index (χ4n) is 4.88. The molecule has 0 bridgehead atoms. The Morgan fingerprint density at radius 1 is 0.703 bits per heavy atom. The number of ether oxygens (including phenoxy) is 1. The largest absolute Gasteiger partial charge is 0.460 e. The van der Waals surface area contributed by atoms with Gasteiger partial charge in [0, 0.05) is 17.9 Å². The van der Waals surface area contributed by atoms with Crippen LogP contribution < -0.4 is 0 Å². The monoisotopic (exact) mass is 485 g/mol. The molecule has 0 aliphatic carbocycles. The number of carbonyl (C=O) groups is 1. The van der Waals surface area contributed by atoms with Gasteiger partial charge in [-0.05, 0) is 53.3 Å². The third-order valence-corrected chi connectivity index (χ3v) is 6.92. The van der Waals surface area contributed by atoms with Gasteiger partial charge in [0.2, 0.25) is 0 Å². The topological polar surface area (TPSA) is 31.2 Å². The molecule has 3 nitrogen and oxygen atoms in total. The van der Waals surface area contributed by atoms with Crippen molar-refractivity contribution in [2.45, 2.75) is 32.9 Å². The molecule has 3 heteroatoms. The molecule has 4 aromatic carbocycles. The molecule has 0 saturated carbocycles. The molecule has 0 saturated heterocycles. The first-order chi connectivity index (χ1) is 18.1. The summed E-state index contributed by atoms with van der Waals surface area (Å²) in [5, 5.41) is 0. The van der Waals surface area contributed by atoms with Crippen LogP contribution in [0.3, 0.4) is 0 Å². The van der Waals surface area contributed by atoms with Crippen molar-refractivity contribution in [1.82, 2.24) is 4.57 Å². The summed E-state index contributed by atoms with van der Waals surface area (Å²) >= 11 is 0. The lowest BCUT2D eigenvalue weighted by molar-refractivity contribution is -0.145. The Labute approximate surface area is 219 Å². The zero-order valence-electron chi connectivity index (χ0n) is 21.3. The van der Waals surface area contributed by atoms with E-state index < -0.39 is 5.92 Å². The van der Waals surface area contributed by atoms with Gasteiger partial charge in [-0.2, -0.15) is 0 Å². The molecular weight excluding hydrogens is 454 g/mol. The van der Waals surface area contributed by atoms with E-state index >= 15 is 0 Å². The number of carbonyl (C=O) groups excluding carboxylic acids is 1. The highest BCUT2D eigenvalue weighted by Crippen LogP contribution is 2.33. The molecule has 5 rings (SSSR count). The lowest BCUT2D eigenvalue weighted by Gasteiger charge is -2.18. The maximum atomic E-state index is 13.7. The minimum Gasteiger partial charge on any atom is -0.460 e. The van der Waals surface area contributed by atoms with Crippen molar-refractivity contribution in [2.24, 2.45) is 0 Å². The number of aromatic nitrogens is 1. The Hall–Kier alpha value is -4.37.